The third-order valence-electron chi connectivity index (χ3n) is 3.59. The molecule has 2 heterocycles. The van der Waals surface area contributed by atoms with Gasteiger partial charge in [-0.05, 0) is 20.8 Å². The maximum atomic E-state index is 12.4. The monoisotopic (exact) mass is 351 g/mol. The highest BCUT2D eigenvalue weighted by Gasteiger charge is 2.18. The first kappa shape index (κ1) is 18.5. The molecule has 2 unspecified atom stereocenters. The van der Waals surface area contributed by atoms with Crippen LogP contribution in [0.15, 0.2) is 6.20 Å². The van der Waals surface area contributed by atoms with E-state index in [2.05, 4.69) is 34.5 Å². The van der Waals surface area contributed by atoms with Crippen molar-refractivity contribution in [1.29, 1.82) is 0 Å². The van der Waals surface area contributed by atoms with Crippen molar-refractivity contribution in [1.82, 2.24) is 25.3 Å². The van der Waals surface area contributed by atoms with E-state index in [1.54, 1.807) is 17.8 Å². The van der Waals surface area contributed by atoms with Crippen molar-refractivity contribution in [3.63, 3.8) is 0 Å². The summed E-state index contributed by atoms with van der Waals surface area (Å²) in [5.74, 6) is 0.213. The van der Waals surface area contributed by atoms with Crippen LogP contribution in [0.25, 0.3) is 0 Å². The molecular weight excluding hydrogens is 326 g/mol. The van der Waals surface area contributed by atoms with E-state index in [1.807, 2.05) is 13.8 Å². The number of carbonyl (C=O) groups excluding carboxylic acids is 1. The Morgan fingerprint density at radius 3 is 2.67 bits per heavy atom. The molecular formula is C16H25N5O2S. The van der Waals surface area contributed by atoms with Crippen LogP contribution in [0.3, 0.4) is 0 Å². The minimum Gasteiger partial charge on any atom is -0.393 e. The minimum atomic E-state index is -0.449. The number of aliphatic hydroxyl groups is 1. The van der Waals surface area contributed by atoms with Crippen LogP contribution in [-0.2, 0) is 6.42 Å². The quantitative estimate of drug-likeness (QED) is 0.797. The van der Waals surface area contributed by atoms with Gasteiger partial charge in [0.15, 0.2) is 0 Å². The minimum absolute atomic E-state index is 0.0259. The second kappa shape index (κ2) is 7.85. The highest BCUT2D eigenvalue weighted by molar-refractivity contribution is 7.13. The molecule has 2 aromatic heterocycles. The number of carbonyl (C=O) groups is 1. The normalized spacial score (nSPS) is 14.0. The van der Waals surface area contributed by atoms with Gasteiger partial charge in [-0.1, -0.05) is 19.1 Å². The summed E-state index contributed by atoms with van der Waals surface area (Å²) in [6.45, 7) is 10.1. The van der Waals surface area contributed by atoms with Crippen LogP contribution in [-0.4, -0.2) is 43.6 Å². The maximum Gasteiger partial charge on any atom is 0.263 e. The summed E-state index contributed by atoms with van der Waals surface area (Å²) < 4.78 is 1.71. The van der Waals surface area contributed by atoms with Crippen molar-refractivity contribution in [2.75, 3.05) is 6.54 Å². The number of amides is 1. The molecule has 24 heavy (non-hydrogen) atoms. The van der Waals surface area contributed by atoms with Crippen molar-refractivity contribution in [3.8, 4) is 0 Å². The molecule has 1 amide bonds. The first-order chi connectivity index (χ1) is 11.3. The SMILES string of the molecule is Cc1nc(C(C)C)sc1C(=O)NCC(C)n1cc(CC(C)O)nn1. The topological polar surface area (TPSA) is 92.9 Å². The summed E-state index contributed by atoms with van der Waals surface area (Å²) in [6, 6.07) is -0.0259. The smallest absolute Gasteiger partial charge is 0.263 e. The average Bonchev–Trinajstić information content (AvgIpc) is 3.10. The fourth-order valence-corrected chi connectivity index (χ4v) is 3.20. The number of aryl methyl sites for hydroxylation is 1. The van der Waals surface area contributed by atoms with Gasteiger partial charge in [0, 0.05) is 25.1 Å². The number of thiazole rings is 1. The van der Waals surface area contributed by atoms with Crippen molar-refractivity contribution in [2.24, 2.45) is 0 Å². The van der Waals surface area contributed by atoms with Crippen LogP contribution < -0.4 is 5.32 Å². The molecule has 0 fully saturated rings. The zero-order valence-corrected chi connectivity index (χ0v) is 15.6. The second-order valence-electron chi connectivity index (χ2n) is 6.42. The summed E-state index contributed by atoms with van der Waals surface area (Å²) in [5, 5.41) is 21.4. The summed E-state index contributed by atoms with van der Waals surface area (Å²) >= 11 is 1.45. The zero-order valence-electron chi connectivity index (χ0n) is 14.8. The van der Waals surface area contributed by atoms with Gasteiger partial charge in [-0.2, -0.15) is 0 Å². The Balaban J connectivity index is 1.94. The van der Waals surface area contributed by atoms with Gasteiger partial charge in [-0.15, -0.1) is 16.4 Å². The van der Waals surface area contributed by atoms with E-state index in [9.17, 15) is 9.90 Å². The highest BCUT2D eigenvalue weighted by Crippen LogP contribution is 2.24. The third kappa shape index (κ3) is 4.61. The molecule has 7 nitrogen and oxygen atoms in total. The van der Waals surface area contributed by atoms with Crippen LogP contribution in [0.4, 0.5) is 0 Å². The fraction of sp³-hybridized carbons (Fsp3) is 0.625. The van der Waals surface area contributed by atoms with Crippen LogP contribution in [0, 0.1) is 6.92 Å². The summed E-state index contributed by atoms with van der Waals surface area (Å²) in [5.41, 5.74) is 1.51. The van der Waals surface area contributed by atoms with Crippen molar-refractivity contribution < 1.29 is 9.90 Å². The third-order valence-corrected chi connectivity index (χ3v) is 5.04. The van der Waals surface area contributed by atoms with E-state index in [1.165, 1.54) is 11.3 Å². The van der Waals surface area contributed by atoms with E-state index in [-0.39, 0.29) is 11.9 Å². The van der Waals surface area contributed by atoms with E-state index in [0.717, 1.165) is 16.4 Å². The summed E-state index contributed by atoms with van der Waals surface area (Å²) in [7, 11) is 0. The number of hydrogen-bond donors (Lipinski definition) is 2. The standard InChI is InChI=1S/C16H25N5O2S/c1-9(2)16-18-12(5)14(24-16)15(23)17-7-10(3)21-8-13(19-20-21)6-11(4)22/h8-11,22H,6-7H2,1-5H3,(H,17,23). The van der Waals surface area contributed by atoms with Crippen molar-refractivity contribution >= 4 is 17.2 Å². The maximum absolute atomic E-state index is 12.4. The molecule has 0 aliphatic carbocycles. The van der Waals surface area contributed by atoms with Gasteiger partial charge < -0.3 is 10.4 Å². The number of nitrogens with one attached hydrogen (secondary N) is 1. The lowest BCUT2D eigenvalue weighted by Gasteiger charge is -2.12. The van der Waals surface area contributed by atoms with E-state index in [4.69, 9.17) is 0 Å². The molecule has 2 rings (SSSR count). The van der Waals surface area contributed by atoms with Gasteiger partial charge in [0.05, 0.1) is 28.5 Å². The van der Waals surface area contributed by atoms with Crippen LogP contribution in [0.5, 0.6) is 0 Å². The lowest BCUT2D eigenvalue weighted by Crippen LogP contribution is -2.29. The molecule has 0 spiro atoms. The Bertz CT molecular complexity index is 692. The van der Waals surface area contributed by atoms with Gasteiger partial charge in [0.2, 0.25) is 0 Å². The lowest BCUT2D eigenvalue weighted by molar-refractivity contribution is 0.0951. The summed E-state index contributed by atoms with van der Waals surface area (Å²) in [6.07, 6.45) is 1.82. The molecule has 0 saturated carbocycles. The van der Waals surface area contributed by atoms with Gasteiger partial charge in [0.25, 0.3) is 5.91 Å². The molecule has 132 valence electrons. The highest BCUT2D eigenvalue weighted by atomic mass is 32.1. The van der Waals surface area contributed by atoms with Gasteiger partial charge in [-0.3, -0.25) is 4.79 Å². The molecule has 2 aromatic rings. The predicted molar refractivity (Wildman–Crippen MR) is 93.4 cm³/mol. The fourth-order valence-electron chi connectivity index (χ4n) is 2.21. The molecule has 0 aromatic carbocycles. The first-order valence-corrected chi connectivity index (χ1v) is 8.93. The molecule has 8 heteroatoms. The Morgan fingerprint density at radius 1 is 1.38 bits per heavy atom. The number of nitrogens with zero attached hydrogens (tertiary/aromatic N) is 4. The largest absolute Gasteiger partial charge is 0.393 e. The molecule has 0 aliphatic heterocycles. The lowest BCUT2D eigenvalue weighted by atomic mass is 10.2. The molecule has 0 bridgehead atoms. The Hall–Kier alpha value is -1.80. The number of aromatic nitrogens is 4. The van der Waals surface area contributed by atoms with Gasteiger partial charge in [0.1, 0.15) is 4.88 Å². The Labute approximate surface area is 146 Å². The number of hydrogen-bond acceptors (Lipinski definition) is 6. The molecule has 2 atom stereocenters. The second-order valence-corrected chi connectivity index (χ2v) is 7.45. The molecule has 0 aliphatic rings. The molecule has 2 N–H and O–H groups in total. The Morgan fingerprint density at radius 2 is 2.08 bits per heavy atom. The van der Waals surface area contributed by atoms with Gasteiger partial charge >= 0.3 is 0 Å². The average molecular weight is 351 g/mol. The van der Waals surface area contributed by atoms with Crippen LogP contribution >= 0.6 is 11.3 Å². The van der Waals surface area contributed by atoms with E-state index < -0.39 is 6.10 Å². The number of aliphatic hydroxyl groups excluding tert-OH is 1. The van der Waals surface area contributed by atoms with Gasteiger partial charge in [-0.25, -0.2) is 9.67 Å². The summed E-state index contributed by atoms with van der Waals surface area (Å²) in [4.78, 5) is 17.5. The first-order valence-electron chi connectivity index (χ1n) is 8.12. The molecule has 0 radical (unpaired) electrons. The van der Waals surface area contributed by atoms with Crippen LogP contribution in [0.1, 0.15) is 65.7 Å². The zero-order chi connectivity index (χ0) is 17.9. The predicted octanol–water partition coefficient (Wildman–Crippen LogP) is 2.08. The van der Waals surface area contributed by atoms with Crippen molar-refractivity contribution in [2.45, 2.75) is 59.1 Å². The van der Waals surface area contributed by atoms with Crippen molar-refractivity contribution in [3.05, 3.63) is 27.5 Å². The number of rotatable bonds is 7. The van der Waals surface area contributed by atoms with E-state index in [0.29, 0.717) is 23.8 Å². The van der Waals surface area contributed by atoms with E-state index >= 15 is 0 Å². The van der Waals surface area contributed by atoms with Crippen LogP contribution in [0.2, 0.25) is 0 Å². The molecule has 0 saturated heterocycles. The Kier molecular flexibility index (Phi) is 6.06.